The summed E-state index contributed by atoms with van der Waals surface area (Å²) < 4.78 is 5.50. The van der Waals surface area contributed by atoms with E-state index >= 15 is 0 Å². The zero-order valence-electron chi connectivity index (χ0n) is 20.5. The number of aromatic nitrogens is 3. The monoisotopic (exact) mass is 459 g/mol. The van der Waals surface area contributed by atoms with Crippen molar-refractivity contribution in [3.63, 3.8) is 0 Å². The van der Waals surface area contributed by atoms with Crippen molar-refractivity contribution < 1.29 is 9.53 Å². The number of piperidine rings is 1. The molecule has 1 aliphatic rings. The van der Waals surface area contributed by atoms with Crippen molar-refractivity contribution in [2.24, 2.45) is 4.99 Å². The van der Waals surface area contributed by atoms with Gasteiger partial charge in [0.1, 0.15) is 11.6 Å². The number of carbonyl (C=O) groups is 1. The molecule has 1 fully saturated rings. The standard InChI is InChI=1S/C27H33N5O2/c1-5-19-14-21(34-4)15-23(26(19)25(33)6-2)31-18(3)22-8-7-11-29-27(22)32-12-9-20(10-13-32)24-16-28-17-30-24/h7-8,11,14-17,20H,5-6,9-10,12-13H2,1-4H3,(H,28,30)/b31-18+. The van der Waals surface area contributed by atoms with E-state index in [0.29, 0.717) is 29.3 Å². The maximum Gasteiger partial charge on any atom is 0.165 e. The molecule has 1 N–H and O–H groups in total. The molecule has 7 nitrogen and oxygen atoms in total. The van der Waals surface area contributed by atoms with E-state index in [4.69, 9.17) is 14.7 Å². The Morgan fingerprint density at radius 1 is 1.24 bits per heavy atom. The first-order valence-corrected chi connectivity index (χ1v) is 12.0. The molecule has 0 spiro atoms. The van der Waals surface area contributed by atoms with E-state index in [0.717, 1.165) is 60.7 Å². The minimum atomic E-state index is 0.0953. The summed E-state index contributed by atoms with van der Waals surface area (Å²) >= 11 is 0. The highest BCUT2D eigenvalue weighted by Gasteiger charge is 2.25. The number of hydrogen-bond acceptors (Lipinski definition) is 6. The number of H-pyrrole nitrogens is 1. The molecule has 1 saturated heterocycles. The Bertz CT molecular complexity index is 1160. The highest BCUT2D eigenvalue weighted by Crippen LogP contribution is 2.33. The van der Waals surface area contributed by atoms with Crippen LogP contribution in [0.5, 0.6) is 5.75 Å². The summed E-state index contributed by atoms with van der Waals surface area (Å²) in [6.45, 7) is 7.74. The molecule has 0 saturated carbocycles. The lowest BCUT2D eigenvalue weighted by molar-refractivity contribution is 0.0988. The van der Waals surface area contributed by atoms with Crippen LogP contribution in [0.2, 0.25) is 0 Å². The van der Waals surface area contributed by atoms with Crippen molar-refractivity contribution in [1.82, 2.24) is 15.0 Å². The quantitative estimate of drug-likeness (QED) is 0.356. The lowest BCUT2D eigenvalue weighted by atomic mass is 9.93. The third-order valence-electron chi connectivity index (χ3n) is 6.59. The van der Waals surface area contributed by atoms with E-state index in [2.05, 4.69) is 20.9 Å². The van der Waals surface area contributed by atoms with Gasteiger partial charge in [-0.1, -0.05) is 13.8 Å². The van der Waals surface area contributed by atoms with Gasteiger partial charge in [-0.05, 0) is 49.9 Å². The Balaban J connectivity index is 1.67. The molecule has 0 bridgehead atoms. The number of nitrogens with zero attached hydrogens (tertiary/aromatic N) is 4. The summed E-state index contributed by atoms with van der Waals surface area (Å²) in [5.41, 5.74) is 5.26. The molecule has 3 heterocycles. The fourth-order valence-corrected chi connectivity index (χ4v) is 4.69. The lowest BCUT2D eigenvalue weighted by Gasteiger charge is -2.33. The van der Waals surface area contributed by atoms with Gasteiger partial charge in [0.15, 0.2) is 5.78 Å². The second kappa shape index (κ2) is 10.6. The van der Waals surface area contributed by atoms with Gasteiger partial charge < -0.3 is 14.6 Å². The number of ketones is 1. The van der Waals surface area contributed by atoms with Gasteiger partial charge in [0, 0.05) is 60.7 Å². The molecule has 0 unspecified atom stereocenters. The van der Waals surface area contributed by atoms with Crippen molar-refractivity contribution in [1.29, 1.82) is 0 Å². The van der Waals surface area contributed by atoms with Crippen LogP contribution in [-0.2, 0) is 6.42 Å². The van der Waals surface area contributed by atoms with Gasteiger partial charge in [-0.25, -0.2) is 9.97 Å². The average molecular weight is 460 g/mol. The molecular formula is C27H33N5O2. The van der Waals surface area contributed by atoms with Crippen LogP contribution in [0.3, 0.4) is 0 Å². The second-order valence-electron chi connectivity index (χ2n) is 8.64. The molecule has 7 heteroatoms. The van der Waals surface area contributed by atoms with Gasteiger partial charge >= 0.3 is 0 Å². The van der Waals surface area contributed by atoms with Crippen molar-refractivity contribution >= 4 is 23.0 Å². The number of aliphatic imine (C=N–C) groups is 1. The largest absolute Gasteiger partial charge is 0.497 e. The number of methoxy groups -OCH3 is 1. The Morgan fingerprint density at radius 3 is 2.68 bits per heavy atom. The molecular weight excluding hydrogens is 426 g/mol. The summed E-state index contributed by atoms with van der Waals surface area (Å²) in [7, 11) is 1.64. The van der Waals surface area contributed by atoms with Crippen LogP contribution in [0, 0.1) is 0 Å². The average Bonchev–Trinajstić information content (AvgIpc) is 3.43. The Hall–Kier alpha value is -3.48. The molecule has 178 valence electrons. The van der Waals surface area contributed by atoms with Crippen LogP contribution >= 0.6 is 0 Å². The van der Waals surface area contributed by atoms with E-state index in [9.17, 15) is 4.79 Å². The van der Waals surface area contributed by atoms with Gasteiger partial charge in [-0.2, -0.15) is 0 Å². The zero-order valence-corrected chi connectivity index (χ0v) is 20.5. The van der Waals surface area contributed by atoms with Crippen molar-refractivity contribution in [2.45, 2.75) is 52.4 Å². The number of ether oxygens (including phenoxy) is 1. The Morgan fingerprint density at radius 2 is 2.03 bits per heavy atom. The van der Waals surface area contributed by atoms with E-state index in [1.165, 1.54) is 0 Å². The number of carbonyl (C=O) groups excluding carboxylic acids is 1. The minimum absolute atomic E-state index is 0.0953. The molecule has 0 radical (unpaired) electrons. The molecule has 1 aromatic carbocycles. The number of rotatable bonds is 8. The molecule has 3 aromatic rings. The zero-order chi connectivity index (χ0) is 24.1. The minimum Gasteiger partial charge on any atom is -0.497 e. The van der Waals surface area contributed by atoms with Crippen molar-refractivity contribution in [2.75, 3.05) is 25.1 Å². The topological polar surface area (TPSA) is 83.5 Å². The van der Waals surface area contributed by atoms with E-state index < -0.39 is 0 Å². The highest BCUT2D eigenvalue weighted by atomic mass is 16.5. The van der Waals surface area contributed by atoms with E-state index in [1.807, 2.05) is 51.4 Å². The van der Waals surface area contributed by atoms with Gasteiger partial charge in [0.25, 0.3) is 0 Å². The van der Waals surface area contributed by atoms with Crippen LogP contribution in [-0.4, -0.2) is 46.6 Å². The molecule has 1 aliphatic heterocycles. The molecule has 4 rings (SSSR count). The maximum atomic E-state index is 12.8. The number of benzene rings is 1. The third kappa shape index (κ3) is 4.88. The van der Waals surface area contributed by atoms with Crippen molar-refractivity contribution in [3.05, 3.63) is 65.4 Å². The van der Waals surface area contributed by atoms with Crippen LogP contribution in [0.25, 0.3) is 0 Å². The highest BCUT2D eigenvalue weighted by molar-refractivity contribution is 6.07. The van der Waals surface area contributed by atoms with Gasteiger partial charge in [0.2, 0.25) is 0 Å². The number of aromatic amines is 1. The normalized spacial score (nSPS) is 14.9. The molecule has 34 heavy (non-hydrogen) atoms. The van der Waals surface area contributed by atoms with E-state index in [-0.39, 0.29) is 5.78 Å². The first kappa shape index (κ1) is 23.7. The maximum absolute atomic E-state index is 12.8. The fourth-order valence-electron chi connectivity index (χ4n) is 4.69. The summed E-state index contributed by atoms with van der Waals surface area (Å²) in [5, 5.41) is 0. The number of pyridine rings is 1. The van der Waals surface area contributed by atoms with Gasteiger partial charge in [0.05, 0.1) is 24.8 Å². The number of aryl methyl sites for hydroxylation is 1. The van der Waals surface area contributed by atoms with E-state index in [1.54, 1.807) is 13.4 Å². The number of nitrogens with one attached hydrogen (secondary N) is 1. The number of hydrogen-bond donors (Lipinski definition) is 1. The number of anilines is 1. The first-order valence-electron chi connectivity index (χ1n) is 12.0. The second-order valence-corrected chi connectivity index (χ2v) is 8.64. The van der Waals surface area contributed by atoms with Crippen LogP contribution in [0.1, 0.15) is 73.1 Å². The molecule has 2 aromatic heterocycles. The summed E-state index contributed by atoms with van der Waals surface area (Å²) in [6.07, 6.45) is 8.81. The van der Waals surface area contributed by atoms with Crippen LogP contribution < -0.4 is 9.64 Å². The smallest absolute Gasteiger partial charge is 0.165 e. The molecule has 0 atom stereocenters. The van der Waals surface area contributed by atoms with Crippen molar-refractivity contribution in [3.8, 4) is 5.75 Å². The van der Waals surface area contributed by atoms with Gasteiger partial charge in [-0.3, -0.25) is 9.79 Å². The summed E-state index contributed by atoms with van der Waals surface area (Å²) in [5.74, 6) is 2.21. The first-order chi connectivity index (χ1) is 16.5. The summed E-state index contributed by atoms with van der Waals surface area (Å²) in [4.78, 5) is 32.4. The van der Waals surface area contributed by atoms with Gasteiger partial charge in [-0.15, -0.1) is 0 Å². The van der Waals surface area contributed by atoms with Crippen LogP contribution in [0.4, 0.5) is 11.5 Å². The molecule has 0 aliphatic carbocycles. The number of imidazole rings is 1. The SMILES string of the molecule is CCC(=O)c1c(CC)cc(OC)cc1/N=C(\C)c1cccnc1N1CCC(c2c[nH]cn2)CC1. The Labute approximate surface area is 201 Å². The molecule has 0 amide bonds. The third-order valence-corrected chi connectivity index (χ3v) is 6.59. The fraction of sp³-hybridized carbons (Fsp3) is 0.407. The summed E-state index contributed by atoms with van der Waals surface area (Å²) in [6, 6.07) is 7.80. The van der Waals surface area contributed by atoms with Crippen LogP contribution in [0.15, 0.2) is 48.0 Å². The predicted molar refractivity (Wildman–Crippen MR) is 136 cm³/mol. The Kier molecular flexibility index (Phi) is 7.40. The lowest BCUT2D eigenvalue weighted by Crippen LogP contribution is -2.34. The number of Topliss-reactive ketones (excluding diaryl/α,β-unsaturated/α-hetero) is 1. The predicted octanol–water partition coefficient (Wildman–Crippen LogP) is 5.49.